The normalized spacial score (nSPS) is 40.7. The molecule has 9 atom stereocenters. The number of rotatable bonds is 6. The Kier molecular flexibility index (Phi) is 8.46. The third-order valence-corrected chi connectivity index (χ3v) is 6.53. The number of nitrogens with one attached hydrogen (secondary N) is 2. The lowest BCUT2D eigenvalue weighted by atomic mass is 9.89. The molecule has 2 aliphatic heterocycles. The molecule has 2 heterocycles. The maximum atomic E-state index is 12.7. The molecule has 2 rings (SSSR count). The second-order valence-electron chi connectivity index (χ2n) is 7.19. The van der Waals surface area contributed by atoms with Crippen molar-refractivity contribution in [2.75, 3.05) is 12.8 Å². The van der Waals surface area contributed by atoms with Gasteiger partial charge in [-0.3, -0.25) is 4.79 Å². The van der Waals surface area contributed by atoms with Gasteiger partial charge in [0.15, 0.2) is 0 Å². The maximum Gasteiger partial charge on any atom is 0.237 e. The van der Waals surface area contributed by atoms with Crippen LogP contribution in [0, 0.1) is 5.92 Å². The van der Waals surface area contributed by atoms with Crippen LogP contribution in [-0.2, 0) is 9.53 Å². The number of aliphatic hydroxyl groups excluding tert-OH is 3. The monoisotopic (exact) mass is 410 g/mol. The predicted molar refractivity (Wildman–Crippen MR) is 102 cm³/mol. The van der Waals surface area contributed by atoms with Crippen molar-refractivity contribution in [2.45, 2.75) is 80.4 Å². The minimum absolute atomic E-state index is 0.183. The van der Waals surface area contributed by atoms with Gasteiger partial charge in [-0.2, -0.15) is 0 Å². The molecule has 7 nitrogen and oxygen atoms in total. The Morgan fingerprint density at radius 2 is 2.04 bits per heavy atom. The van der Waals surface area contributed by atoms with Crippen LogP contribution in [-0.4, -0.2) is 81.3 Å². The topological polar surface area (TPSA) is 111 Å². The minimum atomic E-state index is -1.36. The number of amides is 1. The van der Waals surface area contributed by atoms with E-state index < -0.39 is 41.3 Å². The zero-order chi connectivity index (χ0) is 19.4. The van der Waals surface area contributed by atoms with Crippen LogP contribution in [0.1, 0.15) is 33.1 Å². The standard InChI is InChI=1S/C17H31ClN2O5S/c1-4-9-5-6-19-10(7-9)16(24)20-11(8(2)18)15-13(22)12(21)14(23)17(25-15)26-3/h8-15,17,19,21-23H,4-7H2,1-3H3,(H,20,24)/t8-,9-,10+,11+,12-,13+,14-,15-,17+/m0/s1. The molecule has 0 saturated carbocycles. The van der Waals surface area contributed by atoms with Crippen LogP contribution in [0.25, 0.3) is 0 Å². The average molecular weight is 411 g/mol. The molecular formula is C17H31ClN2O5S. The third kappa shape index (κ3) is 5.04. The van der Waals surface area contributed by atoms with E-state index in [-0.39, 0.29) is 11.9 Å². The largest absolute Gasteiger partial charge is 0.388 e. The number of aliphatic hydroxyl groups is 3. The van der Waals surface area contributed by atoms with Gasteiger partial charge in [-0.05, 0) is 38.5 Å². The van der Waals surface area contributed by atoms with Crippen molar-refractivity contribution in [3.63, 3.8) is 0 Å². The highest BCUT2D eigenvalue weighted by molar-refractivity contribution is 7.99. The number of carbonyl (C=O) groups excluding carboxylic acids is 1. The Morgan fingerprint density at radius 3 is 2.62 bits per heavy atom. The summed E-state index contributed by atoms with van der Waals surface area (Å²) in [5, 5.41) is 36.1. The molecule has 0 aromatic heterocycles. The molecular weight excluding hydrogens is 380 g/mol. The van der Waals surface area contributed by atoms with Crippen molar-refractivity contribution < 1.29 is 24.9 Å². The highest BCUT2D eigenvalue weighted by Crippen LogP contribution is 2.30. The van der Waals surface area contributed by atoms with Crippen molar-refractivity contribution in [1.82, 2.24) is 10.6 Å². The van der Waals surface area contributed by atoms with E-state index in [1.54, 1.807) is 13.2 Å². The Bertz CT molecular complexity index is 470. The molecule has 0 aliphatic carbocycles. The van der Waals surface area contributed by atoms with E-state index in [4.69, 9.17) is 16.3 Å². The van der Waals surface area contributed by atoms with Gasteiger partial charge in [0, 0.05) is 0 Å². The van der Waals surface area contributed by atoms with Crippen LogP contribution in [0.2, 0.25) is 0 Å². The lowest BCUT2D eigenvalue weighted by molar-refractivity contribution is -0.205. The van der Waals surface area contributed by atoms with Crippen molar-refractivity contribution >= 4 is 29.3 Å². The summed E-state index contributed by atoms with van der Waals surface area (Å²) < 4.78 is 5.77. The summed E-state index contributed by atoms with van der Waals surface area (Å²) in [6.45, 7) is 4.62. The number of thioether (sulfide) groups is 1. The van der Waals surface area contributed by atoms with E-state index in [0.29, 0.717) is 5.92 Å². The lowest BCUT2D eigenvalue weighted by Gasteiger charge is -2.44. The van der Waals surface area contributed by atoms with E-state index >= 15 is 0 Å². The minimum Gasteiger partial charge on any atom is -0.388 e. The summed E-state index contributed by atoms with van der Waals surface area (Å²) in [4.78, 5) is 12.7. The SMILES string of the molecule is CC[C@H]1CCN[C@@H](C(=O)N[C@@H]([C@@H]2O[C@H](SC)[C@@H](O)[C@@H](O)[C@H]2O)[C@H](C)Cl)C1. The lowest BCUT2D eigenvalue weighted by Crippen LogP contribution is -2.65. The Hall–Kier alpha value is -0.0900. The van der Waals surface area contributed by atoms with E-state index in [2.05, 4.69) is 17.6 Å². The second-order valence-corrected chi connectivity index (χ2v) is 8.82. The molecule has 0 bridgehead atoms. The van der Waals surface area contributed by atoms with Crippen LogP contribution in [0.4, 0.5) is 0 Å². The summed E-state index contributed by atoms with van der Waals surface area (Å²) in [6, 6.07) is -1.00. The fourth-order valence-electron chi connectivity index (χ4n) is 3.66. The Morgan fingerprint density at radius 1 is 1.35 bits per heavy atom. The van der Waals surface area contributed by atoms with Crippen LogP contribution in [0.5, 0.6) is 0 Å². The number of hydrogen-bond donors (Lipinski definition) is 5. The fraction of sp³-hybridized carbons (Fsp3) is 0.941. The molecule has 0 unspecified atom stereocenters. The Balaban J connectivity index is 2.09. The van der Waals surface area contributed by atoms with Gasteiger partial charge in [0.2, 0.25) is 5.91 Å². The highest BCUT2D eigenvalue weighted by Gasteiger charge is 2.48. The number of hydrogen-bond acceptors (Lipinski definition) is 7. The maximum absolute atomic E-state index is 12.7. The fourth-order valence-corrected chi connectivity index (χ4v) is 4.54. The molecule has 0 spiro atoms. The smallest absolute Gasteiger partial charge is 0.237 e. The summed E-state index contributed by atoms with van der Waals surface area (Å²) in [5.74, 6) is 0.325. The van der Waals surface area contributed by atoms with Crippen LogP contribution >= 0.6 is 23.4 Å². The first kappa shape index (κ1) is 22.2. The van der Waals surface area contributed by atoms with Crippen molar-refractivity contribution in [2.24, 2.45) is 5.92 Å². The third-order valence-electron chi connectivity index (χ3n) is 5.40. The van der Waals surface area contributed by atoms with Gasteiger partial charge in [0.1, 0.15) is 29.9 Å². The zero-order valence-corrected chi connectivity index (χ0v) is 17.0. The van der Waals surface area contributed by atoms with Gasteiger partial charge in [0.05, 0.1) is 17.5 Å². The quantitative estimate of drug-likeness (QED) is 0.393. The molecule has 0 aromatic carbocycles. The molecule has 26 heavy (non-hydrogen) atoms. The molecule has 1 amide bonds. The average Bonchev–Trinajstić information content (AvgIpc) is 2.64. The molecule has 2 fully saturated rings. The number of halogens is 1. The molecule has 152 valence electrons. The first-order valence-electron chi connectivity index (χ1n) is 9.20. The van der Waals surface area contributed by atoms with E-state index in [1.807, 2.05) is 0 Å². The van der Waals surface area contributed by atoms with Gasteiger partial charge in [-0.25, -0.2) is 0 Å². The van der Waals surface area contributed by atoms with E-state index in [1.165, 1.54) is 11.8 Å². The van der Waals surface area contributed by atoms with Gasteiger partial charge >= 0.3 is 0 Å². The first-order chi connectivity index (χ1) is 12.3. The van der Waals surface area contributed by atoms with Crippen molar-refractivity contribution in [3.8, 4) is 0 Å². The summed E-state index contributed by atoms with van der Waals surface area (Å²) >= 11 is 7.51. The summed E-state index contributed by atoms with van der Waals surface area (Å²) in [6.07, 6.45) is -0.236. The number of ether oxygens (including phenoxy) is 1. The van der Waals surface area contributed by atoms with E-state index in [9.17, 15) is 20.1 Å². The molecule has 2 saturated heterocycles. The Labute approximate surface area is 164 Å². The van der Waals surface area contributed by atoms with Crippen LogP contribution in [0.15, 0.2) is 0 Å². The molecule has 2 aliphatic rings. The molecule has 9 heteroatoms. The number of carbonyl (C=O) groups is 1. The second kappa shape index (κ2) is 9.91. The van der Waals surface area contributed by atoms with Gasteiger partial charge in [-0.1, -0.05) is 13.3 Å². The molecule has 0 aromatic rings. The van der Waals surface area contributed by atoms with Crippen LogP contribution in [0.3, 0.4) is 0 Å². The summed E-state index contributed by atoms with van der Waals surface area (Å²) in [7, 11) is 0. The predicted octanol–water partition coefficient (Wildman–Crippen LogP) is 0.0473. The number of alkyl halides is 1. The van der Waals surface area contributed by atoms with Gasteiger partial charge in [0.25, 0.3) is 0 Å². The van der Waals surface area contributed by atoms with Crippen molar-refractivity contribution in [1.29, 1.82) is 0 Å². The van der Waals surface area contributed by atoms with Gasteiger partial charge in [-0.15, -0.1) is 23.4 Å². The van der Waals surface area contributed by atoms with Crippen molar-refractivity contribution in [3.05, 3.63) is 0 Å². The highest BCUT2D eigenvalue weighted by atomic mass is 35.5. The zero-order valence-electron chi connectivity index (χ0n) is 15.5. The first-order valence-corrected chi connectivity index (χ1v) is 10.9. The van der Waals surface area contributed by atoms with E-state index in [0.717, 1.165) is 25.8 Å². The summed E-state index contributed by atoms with van der Waals surface area (Å²) in [5.41, 5.74) is -0.703. The van der Waals surface area contributed by atoms with Gasteiger partial charge < -0.3 is 30.7 Å². The molecule has 0 radical (unpaired) electrons. The number of piperidine rings is 1. The molecule has 5 N–H and O–H groups in total. The van der Waals surface area contributed by atoms with Crippen LogP contribution < -0.4 is 10.6 Å².